The quantitative estimate of drug-likeness (QED) is 0.858. The molecule has 0 aliphatic heterocycles. The lowest BCUT2D eigenvalue weighted by Crippen LogP contribution is -2.20. The minimum Gasteiger partial charge on any atom is -0.319 e. The van der Waals surface area contributed by atoms with Crippen LogP contribution in [0.3, 0.4) is 0 Å². The maximum atomic E-state index is 11.8. The summed E-state index contributed by atoms with van der Waals surface area (Å²) in [7, 11) is 1.80. The van der Waals surface area contributed by atoms with E-state index < -0.39 is 0 Å². The Labute approximate surface area is 133 Å². The van der Waals surface area contributed by atoms with Crippen LogP contribution in [0.25, 0.3) is 0 Å². The average Bonchev–Trinajstić information content (AvgIpc) is 2.89. The van der Waals surface area contributed by atoms with Crippen molar-refractivity contribution in [3.8, 4) is 0 Å². The van der Waals surface area contributed by atoms with Gasteiger partial charge in [0, 0.05) is 19.0 Å². The molecule has 0 saturated carbocycles. The zero-order chi connectivity index (χ0) is 15.2. The second-order valence-corrected chi connectivity index (χ2v) is 5.27. The number of carbonyl (C=O) groups is 1. The summed E-state index contributed by atoms with van der Waals surface area (Å²) in [5, 5.41) is 11.0. The van der Waals surface area contributed by atoms with E-state index in [-0.39, 0.29) is 5.91 Å². The van der Waals surface area contributed by atoms with E-state index in [4.69, 9.17) is 23.2 Å². The van der Waals surface area contributed by atoms with E-state index in [9.17, 15) is 4.79 Å². The molecule has 0 atom stereocenters. The van der Waals surface area contributed by atoms with Crippen molar-refractivity contribution in [2.75, 3.05) is 18.9 Å². The fraction of sp³-hybridized carbons (Fsp3) is 0.286. The first-order valence-electron chi connectivity index (χ1n) is 6.51. The summed E-state index contributed by atoms with van der Waals surface area (Å²) >= 11 is 12.2. The number of hydrogen-bond acceptors (Lipinski definition) is 3. The maximum absolute atomic E-state index is 11.8. The number of rotatable bonds is 6. The van der Waals surface area contributed by atoms with E-state index in [2.05, 4.69) is 15.7 Å². The second-order valence-electron chi connectivity index (χ2n) is 4.49. The first-order valence-corrected chi connectivity index (χ1v) is 7.26. The van der Waals surface area contributed by atoms with Gasteiger partial charge in [0.2, 0.25) is 5.91 Å². The van der Waals surface area contributed by atoms with Gasteiger partial charge in [-0.1, -0.05) is 35.3 Å². The van der Waals surface area contributed by atoms with Gasteiger partial charge in [0.25, 0.3) is 0 Å². The van der Waals surface area contributed by atoms with E-state index in [1.807, 2.05) is 12.1 Å². The minimum atomic E-state index is -0.0664. The molecule has 5 nitrogen and oxygen atoms in total. The van der Waals surface area contributed by atoms with Crippen molar-refractivity contribution in [1.82, 2.24) is 15.1 Å². The van der Waals surface area contributed by atoms with E-state index >= 15 is 0 Å². The van der Waals surface area contributed by atoms with Gasteiger partial charge in [-0.15, -0.1) is 0 Å². The Hall–Kier alpha value is -1.56. The predicted octanol–water partition coefficient (Wildman–Crippen LogP) is 2.79. The summed E-state index contributed by atoms with van der Waals surface area (Å²) in [6.07, 6.45) is 2.03. The first kappa shape index (κ1) is 15.8. The van der Waals surface area contributed by atoms with Gasteiger partial charge < -0.3 is 10.6 Å². The molecular weight excluding hydrogens is 311 g/mol. The highest BCUT2D eigenvalue weighted by Gasteiger charge is 2.10. The van der Waals surface area contributed by atoms with E-state index in [1.165, 1.54) is 0 Å². The van der Waals surface area contributed by atoms with Gasteiger partial charge in [-0.25, -0.2) is 4.68 Å². The molecule has 0 unspecified atom stereocenters. The summed E-state index contributed by atoms with van der Waals surface area (Å²) in [5.74, 6) is 0.565. The lowest BCUT2D eigenvalue weighted by atomic mass is 10.2. The number of hydrogen-bond donors (Lipinski definition) is 2. The monoisotopic (exact) mass is 326 g/mol. The van der Waals surface area contributed by atoms with Crippen LogP contribution in [0.1, 0.15) is 12.0 Å². The molecule has 0 radical (unpaired) electrons. The standard InChI is InChI=1S/C14H16Cl2N4O/c1-17-7-6-13(21)19-12-5-8-18-20(12)9-10-3-2-4-11(15)14(10)16/h2-5,8,17H,6-7,9H2,1H3,(H,19,21). The number of aromatic nitrogens is 2. The van der Waals surface area contributed by atoms with Crippen molar-refractivity contribution in [1.29, 1.82) is 0 Å². The Kier molecular flexibility index (Phi) is 5.61. The number of amides is 1. The molecule has 1 aromatic heterocycles. The Morgan fingerprint density at radius 3 is 2.90 bits per heavy atom. The summed E-state index contributed by atoms with van der Waals surface area (Å²) < 4.78 is 1.68. The third kappa shape index (κ3) is 4.20. The van der Waals surface area contributed by atoms with Crippen LogP contribution in [0.4, 0.5) is 5.82 Å². The molecule has 2 rings (SSSR count). The molecule has 0 spiro atoms. The molecule has 0 bridgehead atoms. The smallest absolute Gasteiger partial charge is 0.226 e. The van der Waals surface area contributed by atoms with Crippen LogP contribution in [0.15, 0.2) is 30.5 Å². The topological polar surface area (TPSA) is 59.0 Å². The molecule has 1 aromatic carbocycles. The summed E-state index contributed by atoms with van der Waals surface area (Å²) in [4.78, 5) is 11.8. The van der Waals surface area contributed by atoms with Crippen LogP contribution in [-0.4, -0.2) is 29.3 Å². The average molecular weight is 327 g/mol. The van der Waals surface area contributed by atoms with E-state index in [1.54, 1.807) is 30.1 Å². The molecule has 0 fully saturated rings. The molecule has 7 heteroatoms. The largest absolute Gasteiger partial charge is 0.319 e. The molecule has 0 aliphatic rings. The number of benzene rings is 1. The Balaban J connectivity index is 2.10. The van der Waals surface area contributed by atoms with E-state index in [0.29, 0.717) is 35.4 Å². The van der Waals surface area contributed by atoms with Crippen LogP contribution in [-0.2, 0) is 11.3 Å². The van der Waals surface area contributed by atoms with Gasteiger partial charge >= 0.3 is 0 Å². The summed E-state index contributed by atoms with van der Waals surface area (Å²) in [6.45, 7) is 1.06. The molecule has 2 N–H and O–H groups in total. The van der Waals surface area contributed by atoms with Crippen LogP contribution in [0.5, 0.6) is 0 Å². The number of carbonyl (C=O) groups excluding carboxylic acids is 1. The van der Waals surface area contributed by atoms with Crippen LogP contribution in [0, 0.1) is 0 Å². The molecule has 0 aliphatic carbocycles. The van der Waals surface area contributed by atoms with Gasteiger partial charge in [0.15, 0.2) is 0 Å². The fourth-order valence-electron chi connectivity index (χ4n) is 1.84. The van der Waals surface area contributed by atoms with Crippen molar-refractivity contribution in [2.24, 2.45) is 0 Å². The highest BCUT2D eigenvalue weighted by molar-refractivity contribution is 6.42. The highest BCUT2D eigenvalue weighted by Crippen LogP contribution is 2.26. The third-order valence-corrected chi connectivity index (χ3v) is 3.80. The molecule has 1 heterocycles. The van der Waals surface area contributed by atoms with Crippen LogP contribution < -0.4 is 10.6 Å². The normalized spacial score (nSPS) is 10.6. The van der Waals surface area contributed by atoms with Gasteiger partial charge in [0.05, 0.1) is 22.8 Å². The Bertz CT molecular complexity index is 627. The highest BCUT2D eigenvalue weighted by atomic mass is 35.5. The zero-order valence-corrected chi connectivity index (χ0v) is 13.1. The fourth-order valence-corrected chi connectivity index (χ4v) is 2.22. The summed E-state index contributed by atoms with van der Waals surface area (Å²) in [5.41, 5.74) is 0.846. The molecule has 21 heavy (non-hydrogen) atoms. The number of anilines is 1. The number of nitrogens with zero attached hydrogens (tertiary/aromatic N) is 2. The van der Waals surface area contributed by atoms with E-state index in [0.717, 1.165) is 5.56 Å². The van der Waals surface area contributed by atoms with Crippen molar-refractivity contribution >= 4 is 34.9 Å². The first-order chi connectivity index (χ1) is 10.1. The third-order valence-electron chi connectivity index (χ3n) is 2.94. The zero-order valence-electron chi connectivity index (χ0n) is 11.6. The minimum absolute atomic E-state index is 0.0664. The number of nitrogens with one attached hydrogen (secondary N) is 2. The Morgan fingerprint density at radius 1 is 1.33 bits per heavy atom. The van der Waals surface area contributed by atoms with Gasteiger partial charge in [-0.3, -0.25) is 4.79 Å². The lowest BCUT2D eigenvalue weighted by molar-refractivity contribution is -0.116. The van der Waals surface area contributed by atoms with Crippen molar-refractivity contribution in [2.45, 2.75) is 13.0 Å². The van der Waals surface area contributed by atoms with Gasteiger partial charge in [-0.2, -0.15) is 5.10 Å². The van der Waals surface area contributed by atoms with Crippen molar-refractivity contribution in [3.05, 3.63) is 46.1 Å². The molecule has 1 amide bonds. The molecule has 112 valence electrons. The van der Waals surface area contributed by atoms with Gasteiger partial charge in [0.1, 0.15) is 5.82 Å². The number of halogens is 2. The SMILES string of the molecule is CNCCC(=O)Nc1ccnn1Cc1cccc(Cl)c1Cl. The molecular formula is C14H16Cl2N4O. The summed E-state index contributed by atoms with van der Waals surface area (Å²) in [6, 6.07) is 7.19. The lowest BCUT2D eigenvalue weighted by Gasteiger charge is -2.10. The maximum Gasteiger partial charge on any atom is 0.226 e. The Morgan fingerprint density at radius 2 is 2.14 bits per heavy atom. The van der Waals surface area contributed by atoms with Crippen LogP contribution in [0.2, 0.25) is 10.0 Å². The van der Waals surface area contributed by atoms with Crippen molar-refractivity contribution in [3.63, 3.8) is 0 Å². The second kappa shape index (κ2) is 7.45. The predicted molar refractivity (Wildman–Crippen MR) is 85.0 cm³/mol. The molecule has 0 saturated heterocycles. The van der Waals surface area contributed by atoms with Crippen LogP contribution >= 0.6 is 23.2 Å². The molecule has 2 aromatic rings. The van der Waals surface area contributed by atoms with Crippen molar-refractivity contribution < 1.29 is 4.79 Å². The van der Waals surface area contributed by atoms with Gasteiger partial charge in [-0.05, 0) is 18.7 Å².